The Hall–Kier alpha value is -1.97. The van der Waals surface area contributed by atoms with E-state index in [9.17, 15) is 4.79 Å². The van der Waals surface area contributed by atoms with Crippen LogP contribution < -0.4 is 9.64 Å². The molecule has 0 aliphatic carbocycles. The number of rotatable bonds is 6. The van der Waals surface area contributed by atoms with Gasteiger partial charge in [-0.3, -0.25) is 4.90 Å². The molecule has 0 bridgehead atoms. The number of allylic oxidation sites excluding steroid dienone is 1. The van der Waals surface area contributed by atoms with Crippen LogP contribution in [0.25, 0.3) is 0 Å². The summed E-state index contributed by atoms with van der Waals surface area (Å²) in [5.74, 6) is 0.759. The molecular weight excluding hydrogens is 230 g/mol. The fourth-order valence-corrected chi connectivity index (χ4v) is 1.59. The van der Waals surface area contributed by atoms with E-state index >= 15 is 0 Å². The number of unbranched alkanes of at least 4 members (excludes halogenated alkanes) is 1. The molecule has 0 radical (unpaired) electrons. The van der Waals surface area contributed by atoms with Crippen molar-refractivity contribution in [1.29, 1.82) is 0 Å². The van der Waals surface area contributed by atoms with Crippen molar-refractivity contribution in [2.24, 2.45) is 0 Å². The summed E-state index contributed by atoms with van der Waals surface area (Å²) in [6.45, 7) is 4.27. The van der Waals surface area contributed by atoms with Gasteiger partial charge in [0.25, 0.3) is 0 Å². The van der Waals surface area contributed by atoms with E-state index in [4.69, 9.17) is 9.47 Å². The smallest absolute Gasteiger partial charge is 0.413 e. The van der Waals surface area contributed by atoms with Crippen LogP contribution in [-0.2, 0) is 4.74 Å². The fourth-order valence-electron chi connectivity index (χ4n) is 1.59. The molecule has 1 amide bonds. The molecule has 0 saturated heterocycles. The highest BCUT2D eigenvalue weighted by Crippen LogP contribution is 2.20. The summed E-state index contributed by atoms with van der Waals surface area (Å²) < 4.78 is 9.87. The van der Waals surface area contributed by atoms with Crippen LogP contribution in [-0.4, -0.2) is 26.9 Å². The van der Waals surface area contributed by atoms with Crippen molar-refractivity contribution in [3.63, 3.8) is 0 Å². The standard InChI is InChI=1S/C14H19NO3/c1-4-5-6-11-15(14(16)18-3)12-7-9-13(17-2)10-8-12/h4,7-10H,1,5-6,11H2,2-3H3. The van der Waals surface area contributed by atoms with Crippen molar-refractivity contribution in [1.82, 2.24) is 0 Å². The minimum atomic E-state index is -0.357. The third-order valence-electron chi connectivity index (χ3n) is 2.57. The zero-order valence-corrected chi connectivity index (χ0v) is 10.9. The predicted molar refractivity (Wildman–Crippen MR) is 72.2 cm³/mol. The number of hydrogen-bond acceptors (Lipinski definition) is 3. The maximum Gasteiger partial charge on any atom is 0.413 e. The Balaban J connectivity index is 2.79. The molecule has 0 spiro atoms. The number of carbonyl (C=O) groups is 1. The summed E-state index contributed by atoms with van der Waals surface area (Å²) >= 11 is 0. The number of amides is 1. The van der Waals surface area contributed by atoms with E-state index in [-0.39, 0.29) is 6.09 Å². The molecule has 0 aliphatic heterocycles. The maximum absolute atomic E-state index is 11.7. The molecule has 0 fully saturated rings. The summed E-state index contributed by atoms with van der Waals surface area (Å²) in [7, 11) is 2.99. The van der Waals surface area contributed by atoms with Crippen LogP contribution in [0.5, 0.6) is 5.75 Å². The molecule has 4 heteroatoms. The van der Waals surface area contributed by atoms with Gasteiger partial charge in [0, 0.05) is 12.2 Å². The van der Waals surface area contributed by atoms with Crippen molar-refractivity contribution in [2.45, 2.75) is 12.8 Å². The lowest BCUT2D eigenvalue weighted by Gasteiger charge is -2.21. The molecular formula is C14H19NO3. The molecule has 0 aromatic heterocycles. The normalized spacial score (nSPS) is 9.67. The molecule has 4 nitrogen and oxygen atoms in total. The van der Waals surface area contributed by atoms with Crippen molar-refractivity contribution < 1.29 is 14.3 Å². The average molecular weight is 249 g/mol. The Morgan fingerprint density at radius 3 is 2.50 bits per heavy atom. The minimum Gasteiger partial charge on any atom is -0.497 e. The Kier molecular flexibility index (Phi) is 5.77. The van der Waals surface area contributed by atoms with Gasteiger partial charge in [0.05, 0.1) is 14.2 Å². The molecule has 18 heavy (non-hydrogen) atoms. The Morgan fingerprint density at radius 1 is 1.33 bits per heavy atom. The first-order valence-electron chi connectivity index (χ1n) is 5.83. The van der Waals surface area contributed by atoms with Gasteiger partial charge in [-0.25, -0.2) is 4.79 Å². The first-order chi connectivity index (χ1) is 8.72. The highest BCUT2D eigenvalue weighted by molar-refractivity contribution is 5.87. The molecule has 0 N–H and O–H groups in total. The van der Waals surface area contributed by atoms with Crippen LogP contribution in [0.1, 0.15) is 12.8 Å². The summed E-state index contributed by atoms with van der Waals surface area (Å²) in [4.78, 5) is 13.3. The molecule has 1 aromatic rings. The first kappa shape index (κ1) is 14.1. The highest BCUT2D eigenvalue weighted by atomic mass is 16.5. The van der Waals surface area contributed by atoms with Gasteiger partial charge in [0.15, 0.2) is 0 Å². The minimum absolute atomic E-state index is 0.357. The van der Waals surface area contributed by atoms with Gasteiger partial charge >= 0.3 is 6.09 Å². The Labute approximate surface area is 108 Å². The lowest BCUT2D eigenvalue weighted by Crippen LogP contribution is -2.31. The van der Waals surface area contributed by atoms with Gasteiger partial charge < -0.3 is 9.47 Å². The number of anilines is 1. The molecule has 1 rings (SSSR count). The van der Waals surface area contributed by atoms with Crippen molar-refractivity contribution in [2.75, 3.05) is 25.7 Å². The van der Waals surface area contributed by atoms with Crippen LogP contribution in [0, 0.1) is 0 Å². The molecule has 0 aliphatic rings. The SMILES string of the molecule is C=CCCCN(C(=O)OC)c1ccc(OC)cc1. The van der Waals surface area contributed by atoms with E-state index < -0.39 is 0 Å². The monoisotopic (exact) mass is 249 g/mol. The van der Waals surface area contributed by atoms with Gasteiger partial charge in [-0.2, -0.15) is 0 Å². The summed E-state index contributed by atoms with van der Waals surface area (Å²) in [5.41, 5.74) is 0.798. The molecule has 0 heterocycles. The predicted octanol–water partition coefficient (Wildman–Crippen LogP) is 3.23. The fraction of sp³-hybridized carbons (Fsp3) is 0.357. The van der Waals surface area contributed by atoms with Crippen molar-refractivity contribution in [3.05, 3.63) is 36.9 Å². The van der Waals surface area contributed by atoms with Crippen LogP contribution in [0.3, 0.4) is 0 Å². The molecule has 98 valence electrons. The zero-order chi connectivity index (χ0) is 13.4. The lowest BCUT2D eigenvalue weighted by atomic mass is 10.2. The van der Waals surface area contributed by atoms with E-state index in [1.807, 2.05) is 30.3 Å². The summed E-state index contributed by atoms with van der Waals surface area (Å²) in [5, 5.41) is 0. The molecule has 0 atom stereocenters. The first-order valence-corrected chi connectivity index (χ1v) is 5.83. The van der Waals surface area contributed by atoms with Gasteiger partial charge in [0.2, 0.25) is 0 Å². The van der Waals surface area contributed by atoms with Gasteiger partial charge in [-0.05, 0) is 37.1 Å². The van der Waals surface area contributed by atoms with E-state index in [0.29, 0.717) is 6.54 Å². The summed E-state index contributed by atoms with van der Waals surface area (Å²) in [6, 6.07) is 7.31. The van der Waals surface area contributed by atoms with Gasteiger partial charge in [0.1, 0.15) is 5.75 Å². The zero-order valence-electron chi connectivity index (χ0n) is 10.9. The van der Waals surface area contributed by atoms with Crippen LogP contribution in [0.4, 0.5) is 10.5 Å². The van der Waals surface area contributed by atoms with Crippen LogP contribution in [0.2, 0.25) is 0 Å². The number of benzene rings is 1. The third-order valence-corrected chi connectivity index (χ3v) is 2.57. The number of hydrogen-bond donors (Lipinski definition) is 0. The number of nitrogens with zero attached hydrogens (tertiary/aromatic N) is 1. The van der Waals surface area contributed by atoms with E-state index in [1.54, 1.807) is 12.0 Å². The molecule has 0 saturated carbocycles. The Morgan fingerprint density at radius 2 is 2.00 bits per heavy atom. The second-order valence-corrected chi connectivity index (χ2v) is 3.75. The maximum atomic E-state index is 11.7. The van der Waals surface area contributed by atoms with Gasteiger partial charge in [-0.1, -0.05) is 6.08 Å². The van der Waals surface area contributed by atoms with E-state index in [1.165, 1.54) is 7.11 Å². The number of methoxy groups -OCH3 is 2. The lowest BCUT2D eigenvalue weighted by molar-refractivity contribution is 0.178. The van der Waals surface area contributed by atoms with Crippen LogP contribution >= 0.6 is 0 Å². The van der Waals surface area contributed by atoms with Crippen molar-refractivity contribution in [3.8, 4) is 5.75 Å². The van der Waals surface area contributed by atoms with Crippen LogP contribution in [0.15, 0.2) is 36.9 Å². The molecule has 1 aromatic carbocycles. The third kappa shape index (κ3) is 3.80. The second kappa shape index (κ2) is 7.37. The Bertz CT molecular complexity index is 387. The van der Waals surface area contributed by atoms with Crippen molar-refractivity contribution >= 4 is 11.8 Å². The second-order valence-electron chi connectivity index (χ2n) is 3.75. The highest BCUT2D eigenvalue weighted by Gasteiger charge is 2.15. The topological polar surface area (TPSA) is 38.8 Å². The number of carbonyl (C=O) groups excluding carboxylic acids is 1. The summed E-state index contributed by atoms with van der Waals surface area (Å²) in [6.07, 6.45) is 3.20. The largest absolute Gasteiger partial charge is 0.497 e. The van der Waals surface area contributed by atoms with E-state index in [2.05, 4.69) is 6.58 Å². The average Bonchev–Trinajstić information content (AvgIpc) is 2.43. The van der Waals surface area contributed by atoms with E-state index in [0.717, 1.165) is 24.3 Å². The number of ether oxygens (including phenoxy) is 2. The molecule has 0 unspecified atom stereocenters. The van der Waals surface area contributed by atoms with Gasteiger partial charge in [-0.15, -0.1) is 6.58 Å². The quantitative estimate of drug-likeness (QED) is 0.574.